The molecule has 41 heavy (non-hydrogen) atoms. The molecule has 9 heteroatoms. The van der Waals surface area contributed by atoms with Crippen molar-refractivity contribution in [2.75, 3.05) is 19.8 Å². The van der Waals surface area contributed by atoms with Crippen molar-refractivity contribution in [2.45, 2.75) is 154 Å². The van der Waals surface area contributed by atoms with E-state index >= 15 is 0 Å². The molecule has 0 aliphatic heterocycles. The number of nitrogens with one attached hydrogen (secondary N) is 1. The summed E-state index contributed by atoms with van der Waals surface area (Å²) in [4.78, 5) is 22.4. The number of amides is 1. The van der Waals surface area contributed by atoms with Crippen molar-refractivity contribution in [3.8, 4) is 0 Å². The van der Waals surface area contributed by atoms with Gasteiger partial charge in [0.05, 0.1) is 25.4 Å². The van der Waals surface area contributed by atoms with Crippen molar-refractivity contribution in [1.82, 2.24) is 5.32 Å². The monoisotopic (exact) mass is 602 g/mol. The van der Waals surface area contributed by atoms with Gasteiger partial charge in [-0.3, -0.25) is 13.8 Å². The van der Waals surface area contributed by atoms with Gasteiger partial charge < -0.3 is 21.1 Å². The average Bonchev–Trinajstić information content (AvgIpc) is 2.95. The van der Waals surface area contributed by atoms with Crippen molar-refractivity contribution in [3.05, 3.63) is 24.3 Å². The fourth-order valence-corrected chi connectivity index (χ4v) is 5.30. The third-order valence-corrected chi connectivity index (χ3v) is 8.07. The third kappa shape index (κ3) is 27.6. The molecule has 0 fully saturated rings. The Labute approximate surface area is 251 Å². The van der Waals surface area contributed by atoms with E-state index in [4.69, 9.17) is 14.8 Å². The van der Waals surface area contributed by atoms with E-state index in [0.717, 1.165) is 32.1 Å². The first kappa shape index (κ1) is 40.0. The molecule has 0 saturated carbocycles. The number of nitrogens with two attached hydrogens (primary N) is 1. The number of hydrogen-bond acceptors (Lipinski definition) is 6. The molecule has 3 atom stereocenters. The quantitative estimate of drug-likeness (QED) is 0.0374. The number of hydrogen-bond donors (Lipinski definition) is 4. The summed E-state index contributed by atoms with van der Waals surface area (Å²) < 4.78 is 21.9. The largest absolute Gasteiger partial charge is 0.472 e. The lowest BCUT2D eigenvalue weighted by molar-refractivity contribution is -0.123. The molecule has 0 radical (unpaired) electrons. The van der Waals surface area contributed by atoms with Gasteiger partial charge in [0, 0.05) is 13.0 Å². The van der Waals surface area contributed by atoms with Gasteiger partial charge in [-0.2, -0.15) is 0 Å². The Morgan fingerprint density at radius 1 is 0.805 bits per heavy atom. The van der Waals surface area contributed by atoms with Crippen molar-refractivity contribution in [1.29, 1.82) is 0 Å². The maximum atomic E-state index is 12.6. The van der Waals surface area contributed by atoms with E-state index in [1.54, 1.807) is 12.2 Å². The summed E-state index contributed by atoms with van der Waals surface area (Å²) in [5.74, 6) is -0.215. The van der Waals surface area contributed by atoms with Crippen LogP contribution < -0.4 is 11.1 Å². The summed E-state index contributed by atoms with van der Waals surface area (Å²) >= 11 is 0. The number of phosphoric acid groups is 1. The second kappa shape index (κ2) is 29.1. The normalized spacial score (nSPS) is 15.0. The molecule has 242 valence electrons. The number of rotatable bonds is 30. The molecule has 8 nitrogen and oxygen atoms in total. The molecule has 1 unspecified atom stereocenters. The van der Waals surface area contributed by atoms with E-state index in [1.807, 2.05) is 6.08 Å². The van der Waals surface area contributed by atoms with Crippen LogP contribution in [0.2, 0.25) is 0 Å². The molecule has 0 bridgehead atoms. The van der Waals surface area contributed by atoms with Gasteiger partial charge in [-0.25, -0.2) is 4.57 Å². The fourth-order valence-electron chi connectivity index (χ4n) is 4.54. The van der Waals surface area contributed by atoms with Crippen LogP contribution in [0.1, 0.15) is 142 Å². The van der Waals surface area contributed by atoms with Crippen molar-refractivity contribution in [3.63, 3.8) is 0 Å². The van der Waals surface area contributed by atoms with Gasteiger partial charge in [0.25, 0.3) is 0 Å². The summed E-state index contributed by atoms with van der Waals surface area (Å²) in [5, 5.41) is 13.4. The molecule has 0 aliphatic carbocycles. The van der Waals surface area contributed by atoms with E-state index in [2.05, 4.69) is 25.2 Å². The molecule has 5 N–H and O–H groups in total. The minimum Gasteiger partial charge on any atom is -0.387 e. The third-order valence-electron chi connectivity index (χ3n) is 7.09. The van der Waals surface area contributed by atoms with Gasteiger partial charge in [0.15, 0.2) is 0 Å². The fraction of sp³-hybridized carbons (Fsp3) is 0.844. The second-order valence-corrected chi connectivity index (χ2v) is 12.5. The smallest absolute Gasteiger partial charge is 0.387 e. The molecule has 0 aromatic carbocycles. The lowest BCUT2D eigenvalue weighted by Gasteiger charge is -2.23. The van der Waals surface area contributed by atoms with E-state index < -0.39 is 20.0 Å². The summed E-state index contributed by atoms with van der Waals surface area (Å²) in [6.07, 6.45) is 29.5. The zero-order valence-corrected chi connectivity index (χ0v) is 27.2. The van der Waals surface area contributed by atoms with Gasteiger partial charge >= 0.3 is 7.82 Å². The highest BCUT2D eigenvalue weighted by Crippen LogP contribution is 2.43. The van der Waals surface area contributed by atoms with Gasteiger partial charge in [-0.1, -0.05) is 141 Å². The number of aliphatic hydroxyl groups excluding tert-OH is 1. The van der Waals surface area contributed by atoms with Gasteiger partial charge in [-0.15, -0.1) is 0 Å². The highest BCUT2D eigenvalue weighted by molar-refractivity contribution is 7.47. The highest BCUT2D eigenvalue weighted by atomic mass is 31.2. The van der Waals surface area contributed by atoms with E-state index in [9.17, 15) is 19.4 Å². The van der Waals surface area contributed by atoms with Crippen molar-refractivity contribution >= 4 is 13.7 Å². The Balaban J connectivity index is 4.42. The standard InChI is InChI=1S/C32H63N2O6P/c1-3-5-7-9-11-13-14-15-16-18-20-22-24-26-32(36)34-30(29-40-41(37,38)39-28-27-33)31(35)25-23-21-19-17-12-10-8-6-4-2/h19,21,23,25,30-31,35H,3-18,20,22,24,26-29,33H2,1-2H3,(H,34,36)(H,37,38)/b21-19+,25-23+/t30-,31+/m0/s1. The van der Waals surface area contributed by atoms with Crippen molar-refractivity contribution in [2.24, 2.45) is 5.73 Å². The van der Waals surface area contributed by atoms with Crippen LogP contribution in [0.5, 0.6) is 0 Å². The highest BCUT2D eigenvalue weighted by Gasteiger charge is 2.26. The summed E-state index contributed by atoms with van der Waals surface area (Å²) in [7, 11) is -4.33. The Morgan fingerprint density at radius 2 is 1.32 bits per heavy atom. The molecule has 0 saturated heterocycles. The zero-order valence-electron chi connectivity index (χ0n) is 26.3. The summed E-state index contributed by atoms with van der Waals surface area (Å²) in [6, 6.07) is -0.884. The van der Waals surface area contributed by atoms with E-state index in [-0.39, 0.29) is 25.7 Å². The first-order valence-electron chi connectivity index (χ1n) is 16.5. The Kier molecular flexibility index (Phi) is 28.3. The Hall–Kier alpha value is -1.02. The Bertz CT molecular complexity index is 704. The lowest BCUT2D eigenvalue weighted by atomic mass is 10.0. The Morgan fingerprint density at radius 3 is 1.85 bits per heavy atom. The van der Waals surface area contributed by atoms with Crippen LogP contribution in [0, 0.1) is 0 Å². The number of carbonyl (C=O) groups is 1. The molecule has 0 aliphatic rings. The minimum atomic E-state index is -4.33. The number of phosphoric ester groups is 1. The van der Waals surface area contributed by atoms with Crippen LogP contribution in [0.4, 0.5) is 0 Å². The van der Waals surface area contributed by atoms with Gasteiger partial charge in [-0.05, 0) is 19.3 Å². The molecule has 1 amide bonds. The van der Waals surface area contributed by atoms with Crippen LogP contribution in [-0.4, -0.2) is 47.8 Å². The predicted octanol–water partition coefficient (Wildman–Crippen LogP) is 7.88. The topological polar surface area (TPSA) is 131 Å². The number of carbonyl (C=O) groups excluding carboxylic acids is 1. The van der Waals surface area contributed by atoms with E-state index in [1.165, 1.54) is 89.9 Å². The molecule has 0 aromatic rings. The van der Waals surface area contributed by atoms with Crippen molar-refractivity contribution < 1.29 is 28.4 Å². The maximum absolute atomic E-state index is 12.6. The number of aliphatic hydroxyl groups is 1. The zero-order chi connectivity index (χ0) is 30.4. The van der Waals surface area contributed by atoms with Gasteiger partial charge in [0.1, 0.15) is 0 Å². The summed E-state index contributed by atoms with van der Waals surface area (Å²) in [5.41, 5.74) is 5.32. The first-order chi connectivity index (χ1) is 19.9. The second-order valence-electron chi connectivity index (χ2n) is 11.1. The first-order valence-corrected chi connectivity index (χ1v) is 18.0. The average molecular weight is 603 g/mol. The molecule has 0 heterocycles. The minimum absolute atomic E-state index is 0.0729. The van der Waals surface area contributed by atoms with Crippen LogP contribution in [0.25, 0.3) is 0 Å². The number of allylic oxidation sites excluding steroid dienone is 3. The maximum Gasteiger partial charge on any atom is 0.472 e. The van der Waals surface area contributed by atoms with Crippen LogP contribution in [0.3, 0.4) is 0 Å². The van der Waals surface area contributed by atoms with Crippen LogP contribution >= 0.6 is 7.82 Å². The summed E-state index contributed by atoms with van der Waals surface area (Å²) in [6.45, 7) is 4.02. The molecule has 0 rings (SSSR count). The van der Waals surface area contributed by atoms with Crippen LogP contribution in [-0.2, 0) is 18.4 Å². The predicted molar refractivity (Wildman–Crippen MR) is 171 cm³/mol. The molecule has 0 spiro atoms. The van der Waals surface area contributed by atoms with Gasteiger partial charge in [0.2, 0.25) is 5.91 Å². The molecular weight excluding hydrogens is 539 g/mol. The number of unbranched alkanes of at least 4 members (excludes halogenated alkanes) is 17. The molecule has 0 aromatic heterocycles. The lowest BCUT2D eigenvalue weighted by Crippen LogP contribution is -2.45. The van der Waals surface area contributed by atoms with Crippen LogP contribution in [0.15, 0.2) is 24.3 Å². The SMILES string of the molecule is CCCCCCC/C=C/C=C/[C@@H](O)[C@H](COP(=O)(O)OCCN)NC(=O)CCCCCCCCCCCCCCC. The van der Waals surface area contributed by atoms with E-state index in [0.29, 0.717) is 6.42 Å². The molecular formula is C32H63N2O6P.